The predicted octanol–water partition coefficient (Wildman–Crippen LogP) is 4.00. The third kappa shape index (κ3) is 5.08. The number of rotatable bonds is 9. The van der Waals surface area contributed by atoms with E-state index < -0.39 is 0 Å². The van der Waals surface area contributed by atoms with Gasteiger partial charge in [-0.15, -0.1) is 10.2 Å². The smallest absolute Gasteiger partial charge is 0.190 e. The van der Waals surface area contributed by atoms with E-state index >= 15 is 0 Å². The van der Waals surface area contributed by atoms with Crippen molar-refractivity contribution < 1.29 is 0 Å². The predicted molar refractivity (Wildman–Crippen MR) is 103 cm³/mol. The van der Waals surface area contributed by atoms with Gasteiger partial charge in [-0.1, -0.05) is 43.8 Å². The van der Waals surface area contributed by atoms with Gasteiger partial charge in [0.15, 0.2) is 5.16 Å². The number of nitrogens with one attached hydrogen (secondary N) is 1. The maximum atomic E-state index is 4.39. The molecule has 5 heteroatoms. The first-order chi connectivity index (χ1) is 11.5. The van der Waals surface area contributed by atoms with Gasteiger partial charge in [0.1, 0.15) is 5.82 Å². The molecular formula is C19H30N4S. The molecule has 0 unspecified atom stereocenters. The van der Waals surface area contributed by atoms with Crippen LogP contribution in [-0.4, -0.2) is 27.6 Å². The van der Waals surface area contributed by atoms with Gasteiger partial charge >= 0.3 is 0 Å². The Bertz CT molecular complexity index is 649. The molecule has 0 saturated carbocycles. The normalized spacial score (nSPS) is 11.4. The zero-order chi connectivity index (χ0) is 17.5. The molecule has 0 aliphatic heterocycles. The van der Waals surface area contributed by atoms with Crippen LogP contribution in [0.15, 0.2) is 23.4 Å². The van der Waals surface area contributed by atoms with E-state index in [1.807, 2.05) is 0 Å². The van der Waals surface area contributed by atoms with Crippen LogP contribution in [0, 0.1) is 19.8 Å². The van der Waals surface area contributed by atoms with E-state index in [1.165, 1.54) is 16.7 Å². The van der Waals surface area contributed by atoms with Crippen LogP contribution in [-0.2, 0) is 19.5 Å². The highest BCUT2D eigenvalue weighted by Crippen LogP contribution is 2.17. The van der Waals surface area contributed by atoms with Crippen LogP contribution in [0.1, 0.15) is 42.8 Å². The van der Waals surface area contributed by atoms with Crippen molar-refractivity contribution in [3.63, 3.8) is 0 Å². The van der Waals surface area contributed by atoms with Crippen molar-refractivity contribution in [3.05, 3.63) is 40.7 Å². The van der Waals surface area contributed by atoms with Gasteiger partial charge in [0.2, 0.25) is 0 Å². The molecule has 0 atom stereocenters. The first kappa shape index (κ1) is 19.0. The summed E-state index contributed by atoms with van der Waals surface area (Å²) >= 11 is 1.68. The molecule has 0 fully saturated rings. The van der Waals surface area contributed by atoms with Gasteiger partial charge in [-0.05, 0) is 55.7 Å². The number of aromatic nitrogens is 3. The molecule has 4 nitrogen and oxygen atoms in total. The summed E-state index contributed by atoms with van der Waals surface area (Å²) in [6, 6.07) is 6.51. The van der Waals surface area contributed by atoms with Crippen molar-refractivity contribution in [3.8, 4) is 0 Å². The summed E-state index contributed by atoms with van der Waals surface area (Å²) in [5.41, 5.74) is 4.15. The van der Waals surface area contributed by atoms with Crippen LogP contribution < -0.4 is 5.32 Å². The summed E-state index contributed by atoms with van der Waals surface area (Å²) < 4.78 is 2.28. The van der Waals surface area contributed by atoms with Crippen molar-refractivity contribution in [1.29, 1.82) is 0 Å². The summed E-state index contributed by atoms with van der Waals surface area (Å²) in [5, 5.41) is 13.3. The average Bonchev–Trinajstić information content (AvgIpc) is 2.92. The third-order valence-corrected chi connectivity index (χ3v) is 4.98. The maximum absolute atomic E-state index is 4.39. The highest BCUT2D eigenvalue weighted by Gasteiger charge is 2.12. The van der Waals surface area contributed by atoms with Gasteiger partial charge in [-0.2, -0.15) is 0 Å². The number of aryl methyl sites for hydroxylation is 2. The van der Waals surface area contributed by atoms with Crippen LogP contribution in [0.4, 0.5) is 0 Å². The molecule has 0 aliphatic rings. The van der Waals surface area contributed by atoms with E-state index in [9.17, 15) is 0 Å². The molecule has 132 valence electrons. The molecule has 0 bridgehead atoms. The van der Waals surface area contributed by atoms with Crippen LogP contribution in [0.5, 0.6) is 0 Å². The Morgan fingerprint density at radius 2 is 2.00 bits per heavy atom. The Morgan fingerprint density at radius 3 is 2.71 bits per heavy atom. The minimum absolute atomic E-state index is 0.605. The lowest BCUT2D eigenvalue weighted by Gasteiger charge is -2.12. The molecule has 1 heterocycles. The number of hydrogen-bond donors (Lipinski definition) is 1. The highest BCUT2D eigenvalue weighted by molar-refractivity contribution is 7.98. The number of thioether (sulfide) groups is 1. The zero-order valence-electron chi connectivity index (χ0n) is 15.6. The van der Waals surface area contributed by atoms with Crippen LogP contribution in [0.2, 0.25) is 0 Å². The Labute approximate surface area is 150 Å². The van der Waals surface area contributed by atoms with Crippen LogP contribution in [0.25, 0.3) is 0 Å². The second-order valence-electron chi connectivity index (χ2n) is 6.75. The molecule has 1 aromatic heterocycles. The molecule has 1 N–H and O–H groups in total. The molecule has 0 saturated heterocycles. The topological polar surface area (TPSA) is 42.7 Å². The van der Waals surface area contributed by atoms with Crippen LogP contribution >= 0.6 is 11.8 Å². The molecule has 2 rings (SSSR count). The summed E-state index contributed by atoms with van der Waals surface area (Å²) in [6.45, 7) is 11.8. The average molecular weight is 347 g/mol. The van der Waals surface area contributed by atoms with E-state index in [2.05, 4.69) is 72.2 Å². The van der Waals surface area contributed by atoms with E-state index in [4.69, 9.17) is 0 Å². The first-order valence-electron chi connectivity index (χ1n) is 8.74. The van der Waals surface area contributed by atoms with E-state index in [1.54, 1.807) is 11.8 Å². The maximum Gasteiger partial charge on any atom is 0.190 e. The molecule has 0 radical (unpaired) electrons. The van der Waals surface area contributed by atoms with Crippen molar-refractivity contribution in [1.82, 2.24) is 20.1 Å². The largest absolute Gasteiger partial charge is 0.313 e. The molecule has 24 heavy (non-hydrogen) atoms. The van der Waals surface area contributed by atoms with Gasteiger partial charge in [-0.25, -0.2) is 0 Å². The molecule has 1 aromatic carbocycles. The fourth-order valence-corrected chi connectivity index (χ4v) is 3.32. The Balaban J connectivity index is 1.82. The summed E-state index contributed by atoms with van der Waals surface area (Å²) in [5.74, 6) is 1.72. The standard InChI is InChI=1S/C19H30N4S/c1-14(2)13-23-18(21-22-19(23)24-5)10-7-11-20-12-17-9-6-8-15(3)16(17)4/h6,8-9,14,20H,7,10-13H2,1-5H3. The highest BCUT2D eigenvalue weighted by atomic mass is 32.2. The lowest BCUT2D eigenvalue weighted by Crippen LogP contribution is -2.17. The quantitative estimate of drug-likeness (QED) is 0.550. The number of benzene rings is 1. The van der Waals surface area contributed by atoms with Gasteiger partial charge in [0.05, 0.1) is 0 Å². The second kappa shape index (κ2) is 9.23. The van der Waals surface area contributed by atoms with Gasteiger partial charge in [-0.3, -0.25) is 0 Å². The fourth-order valence-electron chi connectivity index (χ4n) is 2.80. The minimum atomic E-state index is 0.605. The van der Waals surface area contributed by atoms with Crippen molar-refractivity contribution >= 4 is 11.8 Å². The zero-order valence-corrected chi connectivity index (χ0v) is 16.4. The second-order valence-corrected chi connectivity index (χ2v) is 7.52. The van der Waals surface area contributed by atoms with Crippen molar-refractivity contribution in [2.45, 2.75) is 58.8 Å². The number of hydrogen-bond acceptors (Lipinski definition) is 4. The molecule has 0 spiro atoms. The molecule has 0 amide bonds. The fraction of sp³-hybridized carbons (Fsp3) is 0.579. The Morgan fingerprint density at radius 1 is 1.21 bits per heavy atom. The molecular weight excluding hydrogens is 316 g/mol. The van der Waals surface area contributed by atoms with Gasteiger partial charge in [0.25, 0.3) is 0 Å². The molecule has 2 aromatic rings. The Hall–Kier alpha value is -1.33. The monoisotopic (exact) mass is 346 g/mol. The molecule has 0 aliphatic carbocycles. The van der Waals surface area contributed by atoms with E-state index in [-0.39, 0.29) is 0 Å². The van der Waals surface area contributed by atoms with Gasteiger partial charge < -0.3 is 9.88 Å². The van der Waals surface area contributed by atoms with E-state index in [0.717, 1.165) is 43.5 Å². The third-order valence-electron chi connectivity index (χ3n) is 4.31. The Kier molecular flexibility index (Phi) is 7.31. The lowest BCUT2D eigenvalue weighted by atomic mass is 10.0. The SMILES string of the molecule is CSc1nnc(CCCNCc2cccc(C)c2C)n1CC(C)C. The van der Waals surface area contributed by atoms with Crippen LogP contribution in [0.3, 0.4) is 0 Å². The van der Waals surface area contributed by atoms with Crippen molar-refractivity contribution in [2.24, 2.45) is 5.92 Å². The summed E-state index contributed by atoms with van der Waals surface area (Å²) in [4.78, 5) is 0. The summed E-state index contributed by atoms with van der Waals surface area (Å²) in [6.07, 6.45) is 4.12. The number of nitrogens with zero attached hydrogens (tertiary/aromatic N) is 3. The van der Waals surface area contributed by atoms with Crippen molar-refractivity contribution in [2.75, 3.05) is 12.8 Å². The lowest BCUT2D eigenvalue weighted by molar-refractivity contribution is 0.475. The van der Waals surface area contributed by atoms with E-state index in [0.29, 0.717) is 5.92 Å². The summed E-state index contributed by atoms with van der Waals surface area (Å²) in [7, 11) is 0. The first-order valence-corrected chi connectivity index (χ1v) is 9.97. The van der Waals surface area contributed by atoms with Gasteiger partial charge in [0, 0.05) is 19.5 Å². The minimum Gasteiger partial charge on any atom is -0.313 e.